The molecule has 6 nitrogen and oxygen atoms in total. The Morgan fingerprint density at radius 1 is 1.13 bits per heavy atom. The van der Waals surface area contributed by atoms with Gasteiger partial charge in [-0.15, -0.1) is 24.0 Å². The lowest BCUT2D eigenvalue weighted by atomic mass is 10.1. The number of hydrogen-bond donors (Lipinski definition) is 1. The van der Waals surface area contributed by atoms with Crippen molar-refractivity contribution in [3.63, 3.8) is 0 Å². The Morgan fingerprint density at radius 3 is 2.40 bits per heavy atom. The first-order chi connectivity index (χ1) is 14.0. The van der Waals surface area contributed by atoms with Crippen LogP contribution in [-0.2, 0) is 9.47 Å². The summed E-state index contributed by atoms with van der Waals surface area (Å²) >= 11 is 0. The molecule has 2 fully saturated rings. The normalized spacial score (nSPS) is 21.4. The second-order valence-electron chi connectivity index (χ2n) is 9.02. The number of halogens is 1. The minimum Gasteiger partial charge on any atom is -0.376 e. The first kappa shape index (κ1) is 27.9. The summed E-state index contributed by atoms with van der Waals surface area (Å²) in [5.74, 6) is 1.07. The molecule has 1 unspecified atom stereocenters. The first-order valence-corrected chi connectivity index (χ1v) is 12.0. The molecule has 0 aromatic rings. The van der Waals surface area contributed by atoms with Crippen LogP contribution in [0.1, 0.15) is 73.1 Å². The maximum atomic E-state index is 6.16. The summed E-state index contributed by atoms with van der Waals surface area (Å²) in [7, 11) is 0. The van der Waals surface area contributed by atoms with Crippen molar-refractivity contribution in [3.8, 4) is 0 Å². The summed E-state index contributed by atoms with van der Waals surface area (Å²) in [5, 5.41) is 3.49. The van der Waals surface area contributed by atoms with Gasteiger partial charge in [-0.2, -0.15) is 0 Å². The molecule has 2 aliphatic heterocycles. The number of hydrogen-bond acceptors (Lipinski definition) is 4. The molecule has 0 aromatic heterocycles. The minimum atomic E-state index is 0. The maximum Gasteiger partial charge on any atom is 0.193 e. The number of nitrogens with one attached hydrogen (secondary N) is 1. The summed E-state index contributed by atoms with van der Waals surface area (Å²) in [6, 6.07) is 1.18. The third-order valence-corrected chi connectivity index (χ3v) is 6.03. The molecule has 2 saturated heterocycles. The van der Waals surface area contributed by atoms with E-state index in [1.54, 1.807) is 0 Å². The topological polar surface area (TPSA) is 49.3 Å². The van der Waals surface area contributed by atoms with Crippen LogP contribution in [0.2, 0.25) is 0 Å². The van der Waals surface area contributed by atoms with Gasteiger partial charge in [-0.3, -0.25) is 9.89 Å². The quantitative estimate of drug-likeness (QED) is 0.196. The van der Waals surface area contributed by atoms with Crippen LogP contribution in [-0.4, -0.2) is 86.0 Å². The second-order valence-corrected chi connectivity index (χ2v) is 9.02. The Hall–Kier alpha value is -0.120. The smallest absolute Gasteiger partial charge is 0.193 e. The van der Waals surface area contributed by atoms with Gasteiger partial charge in [0.1, 0.15) is 0 Å². The monoisotopic (exact) mass is 538 g/mol. The zero-order valence-corrected chi connectivity index (χ0v) is 22.4. The number of ether oxygens (including phenoxy) is 2. The summed E-state index contributed by atoms with van der Waals surface area (Å²) in [6.07, 6.45) is 7.57. The molecule has 178 valence electrons. The van der Waals surface area contributed by atoms with Crippen molar-refractivity contribution in [1.82, 2.24) is 15.1 Å². The van der Waals surface area contributed by atoms with Crippen LogP contribution in [0.4, 0.5) is 0 Å². The first-order valence-electron chi connectivity index (χ1n) is 12.0. The van der Waals surface area contributed by atoms with E-state index in [0.29, 0.717) is 24.3 Å². The minimum absolute atomic E-state index is 0. The van der Waals surface area contributed by atoms with Gasteiger partial charge in [0.2, 0.25) is 0 Å². The molecule has 0 bridgehead atoms. The average molecular weight is 539 g/mol. The van der Waals surface area contributed by atoms with Crippen LogP contribution in [0.25, 0.3) is 0 Å². The molecule has 2 heterocycles. The summed E-state index contributed by atoms with van der Waals surface area (Å²) < 4.78 is 12.0. The predicted molar refractivity (Wildman–Crippen MR) is 137 cm³/mol. The molecule has 0 amide bonds. The molecule has 0 saturated carbocycles. The van der Waals surface area contributed by atoms with Gasteiger partial charge in [-0.25, -0.2) is 0 Å². The van der Waals surface area contributed by atoms with Crippen molar-refractivity contribution >= 4 is 29.9 Å². The molecule has 0 radical (unpaired) electrons. The number of piperidine rings is 1. The Morgan fingerprint density at radius 2 is 1.83 bits per heavy atom. The lowest BCUT2D eigenvalue weighted by molar-refractivity contribution is -0.0721. The van der Waals surface area contributed by atoms with Crippen molar-refractivity contribution in [3.05, 3.63) is 0 Å². The highest BCUT2D eigenvalue weighted by atomic mass is 127. The SMILES string of the molecule is CCNC(=NCCCN(C(C)C)C(C)C)N1CCC(OCC2CCCCO2)CC1.I. The van der Waals surface area contributed by atoms with Crippen molar-refractivity contribution in [2.24, 2.45) is 4.99 Å². The third kappa shape index (κ3) is 10.0. The van der Waals surface area contributed by atoms with Crippen LogP contribution in [0.3, 0.4) is 0 Å². The molecule has 2 rings (SSSR count). The standard InChI is InChI=1S/C23H46N4O2.HI/c1-6-24-23(25-13-9-14-27(19(2)3)20(4)5)26-15-11-21(12-16-26)29-18-22-10-7-8-17-28-22;/h19-22H,6-18H2,1-5H3,(H,24,25);1H. The Kier molecular flexibility index (Phi) is 14.6. The molecule has 7 heteroatoms. The lowest BCUT2D eigenvalue weighted by Gasteiger charge is -2.35. The van der Waals surface area contributed by atoms with E-state index >= 15 is 0 Å². The van der Waals surface area contributed by atoms with E-state index < -0.39 is 0 Å². The molecule has 0 aromatic carbocycles. The van der Waals surface area contributed by atoms with Gasteiger partial charge in [0, 0.05) is 51.4 Å². The van der Waals surface area contributed by atoms with Gasteiger partial charge in [0.25, 0.3) is 0 Å². The summed E-state index contributed by atoms with van der Waals surface area (Å²) in [6.45, 7) is 17.9. The van der Waals surface area contributed by atoms with Crippen LogP contribution in [0.5, 0.6) is 0 Å². The largest absolute Gasteiger partial charge is 0.376 e. The highest BCUT2D eigenvalue weighted by Crippen LogP contribution is 2.18. The molecule has 1 atom stereocenters. The summed E-state index contributed by atoms with van der Waals surface area (Å²) in [5.41, 5.74) is 0. The molecular formula is C23H47IN4O2. The van der Waals surface area contributed by atoms with E-state index in [1.165, 1.54) is 12.8 Å². The zero-order valence-electron chi connectivity index (χ0n) is 20.1. The van der Waals surface area contributed by atoms with E-state index in [1.807, 2.05) is 0 Å². The van der Waals surface area contributed by atoms with Crippen molar-refractivity contribution in [2.75, 3.05) is 45.9 Å². The lowest BCUT2D eigenvalue weighted by Crippen LogP contribution is -2.47. The number of likely N-dealkylation sites (tertiary alicyclic amines) is 1. The predicted octanol–water partition coefficient (Wildman–Crippen LogP) is 4.13. The van der Waals surface area contributed by atoms with E-state index in [-0.39, 0.29) is 24.0 Å². The Bertz CT molecular complexity index is 454. The maximum absolute atomic E-state index is 6.16. The van der Waals surface area contributed by atoms with Gasteiger partial charge < -0.3 is 19.7 Å². The second kappa shape index (κ2) is 15.6. The molecule has 0 aliphatic carbocycles. The van der Waals surface area contributed by atoms with Gasteiger partial charge in [0.05, 0.1) is 18.8 Å². The van der Waals surface area contributed by atoms with Crippen LogP contribution >= 0.6 is 24.0 Å². The molecule has 2 aliphatic rings. The van der Waals surface area contributed by atoms with Crippen molar-refractivity contribution in [2.45, 2.75) is 97.4 Å². The van der Waals surface area contributed by atoms with Crippen molar-refractivity contribution < 1.29 is 9.47 Å². The number of nitrogens with zero attached hydrogens (tertiary/aromatic N) is 3. The van der Waals surface area contributed by atoms with E-state index in [2.05, 4.69) is 49.7 Å². The number of guanidine groups is 1. The van der Waals surface area contributed by atoms with E-state index in [9.17, 15) is 0 Å². The third-order valence-electron chi connectivity index (χ3n) is 6.03. The van der Waals surface area contributed by atoms with Crippen LogP contribution in [0, 0.1) is 0 Å². The highest BCUT2D eigenvalue weighted by Gasteiger charge is 2.23. The molecular weight excluding hydrogens is 491 g/mol. The van der Waals surface area contributed by atoms with Crippen LogP contribution < -0.4 is 5.32 Å². The fourth-order valence-corrected chi connectivity index (χ4v) is 4.39. The van der Waals surface area contributed by atoms with E-state index in [0.717, 1.165) is 77.6 Å². The average Bonchev–Trinajstić information content (AvgIpc) is 2.72. The highest BCUT2D eigenvalue weighted by molar-refractivity contribution is 14.0. The fraction of sp³-hybridized carbons (Fsp3) is 0.957. The van der Waals surface area contributed by atoms with Gasteiger partial charge in [-0.05, 0) is 73.1 Å². The zero-order chi connectivity index (χ0) is 21.1. The van der Waals surface area contributed by atoms with Gasteiger partial charge in [-0.1, -0.05) is 0 Å². The number of aliphatic imine (C=N–C) groups is 1. The Labute approximate surface area is 202 Å². The summed E-state index contributed by atoms with van der Waals surface area (Å²) in [4.78, 5) is 9.87. The van der Waals surface area contributed by atoms with Crippen LogP contribution in [0.15, 0.2) is 4.99 Å². The number of rotatable bonds is 10. The van der Waals surface area contributed by atoms with E-state index in [4.69, 9.17) is 14.5 Å². The Balaban J connectivity index is 0.00000450. The van der Waals surface area contributed by atoms with Gasteiger partial charge in [0.15, 0.2) is 5.96 Å². The van der Waals surface area contributed by atoms with Gasteiger partial charge >= 0.3 is 0 Å². The van der Waals surface area contributed by atoms with Crippen molar-refractivity contribution in [1.29, 1.82) is 0 Å². The molecule has 0 spiro atoms. The fourth-order valence-electron chi connectivity index (χ4n) is 4.39. The molecule has 1 N–H and O–H groups in total. The molecule has 30 heavy (non-hydrogen) atoms.